The number of nitrogens with zero attached hydrogens (tertiary/aromatic N) is 1. The first-order chi connectivity index (χ1) is 7.86. The molecular formula is C13H16N2S. The molecule has 0 saturated carbocycles. The Morgan fingerprint density at radius 2 is 2.12 bits per heavy atom. The molecule has 0 spiro atoms. The molecule has 1 N–H and O–H groups in total. The maximum absolute atomic E-state index is 4.01. The molecular weight excluding hydrogens is 216 g/mol. The van der Waals surface area contributed by atoms with E-state index in [0.717, 1.165) is 13.0 Å². The van der Waals surface area contributed by atoms with Crippen LogP contribution in [0.3, 0.4) is 0 Å². The average molecular weight is 232 g/mol. The molecule has 2 nitrogen and oxygen atoms in total. The number of rotatable bonds is 5. The largest absolute Gasteiger partial charge is 0.309 e. The van der Waals surface area contributed by atoms with Crippen LogP contribution in [0.2, 0.25) is 0 Å². The molecule has 0 aliphatic heterocycles. The molecule has 0 saturated heterocycles. The minimum atomic E-state index is 0.446. The third-order valence-electron chi connectivity index (χ3n) is 2.58. The number of pyridine rings is 1. The highest BCUT2D eigenvalue weighted by atomic mass is 32.1. The minimum Gasteiger partial charge on any atom is -0.309 e. The first-order valence-corrected chi connectivity index (χ1v) is 6.40. The molecule has 0 unspecified atom stereocenters. The van der Waals surface area contributed by atoms with Gasteiger partial charge in [0.25, 0.3) is 0 Å². The van der Waals surface area contributed by atoms with Gasteiger partial charge in [0.05, 0.1) is 0 Å². The van der Waals surface area contributed by atoms with Crippen molar-refractivity contribution in [1.29, 1.82) is 0 Å². The predicted octanol–water partition coefficient (Wildman–Crippen LogP) is 3.04. The third kappa shape index (κ3) is 3.15. The highest BCUT2D eigenvalue weighted by molar-refractivity contribution is 7.10. The number of aromatic nitrogens is 1. The molecule has 2 aromatic heterocycles. The van der Waals surface area contributed by atoms with E-state index in [-0.39, 0.29) is 0 Å². The van der Waals surface area contributed by atoms with E-state index in [1.54, 1.807) is 11.3 Å². The van der Waals surface area contributed by atoms with Gasteiger partial charge in [0.1, 0.15) is 0 Å². The summed E-state index contributed by atoms with van der Waals surface area (Å²) >= 11 is 1.80. The van der Waals surface area contributed by atoms with Crippen molar-refractivity contribution in [3.8, 4) is 0 Å². The Kier molecular flexibility index (Phi) is 4.08. The molecule has 0 bridgehead atoms. The van der Waals surface area contributed by atoms with Gasteiger partial charge in [-0.05, 0) is 49.0 Å². The number of hydrogen-bond acceptors (Lipinski definition) is 3. The van der Waals surface area contributed by atoms with Crippen molar-refractivity contribution in [2.75, 3.05) is 6.54 Å². The molecule has 16 heavy (non-hydrogen) atoms. The van der Waals surface area contributed by atoms with Crippen LogP contribution in [0.25, 0.3) is 0 Å². The van der Waals surface area contributed by atoms with Crippen LogP contribution in [0.15, 0.2) is 42.0 Å². The van der Waals surface area contributed by atoms with Crippen molar-refractivity contribution in [2.24, 2.45) is 0 Å². The van der Waals surface area contributed by atoms with Gasteiger partial charge in [-0.15, -0.1) is 11.3 Å². The van der Waals surface area contributed by atoms with Crippen molar-refractivity contribution in [3.63, 3.8) is 0 Å². The van der Waals surface area contributed by atoms with E-state index < -0.39 is 0 Å². The van der Waals surface area contributed by atoms with E-state index in [1.165, 1.54) is 10.4 Å². The lowest BCUT2D eigenvalue weighted by atomic mass is 10.2. The fraction of sp³-hybridized carbons (Fsp3) is 0.308. The van der Waals surface area contributed by atoms with Gasteiger partial charge in [-0.3, -0.25) is 4.98 Å². The molecule has 1 atom stereocenters. The van der Waals surface area contributed by atoms with Crippen LogP contribution in [-0.4, -0.2) is 11.5 Å². The molecule has 2 aromatic rings. The van der Waals surface area contributed by atoms with Gasteiger partial charge in [0.15, 0.2) is 0 Å². The number of nitrogens with one attached hydrogen (secondary N) is 1. The van der Waals surface area contributed by atoms with E-state index in [4.69, 9.17) is 0 Å². The van der Waals surface area contributed by atoms with E-state index in [1.807, 2.05) is 12.4 Å². The predicted molar refractivity (Wildman–Crippen MR) is 68.7 cm³/mol. The van der Waals surface area contributed by atoms with Crippen molar-refractivity contribution < 1.29 is 0 Å². The summed E-state index contributed by atoms with van der Waals surface area (Å²) in [4.78, 5) is 5.41. The summed E-state index contributed by atoms with van der Waals surface area (Å²) in [6.07, 6.45) is 4.74. The van der Waals surface area contributed by atoms with Crippen molar-refractivity contribution in [3.05, 3.63) is 52.5 Å². The van der Waals surface area contributed by atoms with Gasteiger partial charge in [0, 0.05) is 23.3 Å². The molecule has 84 valence electrons. The Balaban J connectivity index is 1.76. The zero-order valence-electron chi connectivity index (χ0n) is 9.39. The maximum atomic E-state index is 4.01. The van der Waals surface area contributed by atoms with Crippen molar-refractivity contribution in [2.45, 2.75) is 19.4 Å². The first-order valence-electron chi connectivity index (χ1n) is 5.52. The van der Waals surface area contributed by atoms with Crippen LogP contribution < -0.4 is 5.32 Å². The average Bonchev–Trinajstić information content (AvgIpc) is 2.84. The molecule has 3 heteroatoms. The van der Waals surface area contributed by atoms with Crippen LogP contribution in [0.5, 0.6) is 0 Å². The monoisotopic (exact) mass is 232 g/mol. The summed E-state index contributed by atoms with van der Waals surface area (Å²) in [7, 11) is 0. The molecule has 0 aliphatic rings. The molecule has 2 rings (SSSR count). The van der Waals surface area contributed by atoms with Crippen LogP contribution in [0.4, 0.5) is 0 Å². The highest BCUT2D eigenvalue weighted by Gasteiger charge is 2.04. The molecule has 0 fully saturated rings. The van der Waals surface area contributed by atoms with Crippen LogP contribution in [0, 0.1) is 0 Å². The molecule has 2 heterocycles. The zero-order chi connectivity index (χ0) is 11.2. The second kappa shape index (κ2) is 5.77. The lowest BCUT2D eigenvalue weighted by molar-refractivity contribution is 0.584. The van der Waals surface area contributed by atoms with Crippen LogP contribution in [-0.2, 0) is 6.42 Å². The van der Waals surface area contributed by atoms with E-state index >= 15 is 0 Å². The third-order valence-corrected chi connectivity index (χ3v) is 3.64. The molecule has 0 aromatic carbocycles. The smallest absolute Gasteiger partial charge is 0.0386 e. The van der Waals surface area contributed by atoms with Crippen LogP contribution >= 0.6 is 11.3 Å². The van der Waals surface area contributed by atoms with Gasteiger partial charge in [-0.2, -0.15) is 0 Å². The summed E-state index contributed by atoms with van der Waals surface area (Å²) in [6, 6.07) is 8.85. The second-order valence-corrected chi connectivity index (χ2v) is 4.78. The quantitative estimate of drug-likeness (QED) is 0.857. The lowest BCUT2D eigenvalue weighted by Crippen LogP contribution is -2.20. The highest BCUT2D eigenvalue weighted by Crippen LogP contribution is 2.17. The summed E-state index contributed by atoms with van der Waals surface area (Å²) < 4.78 is 0. The van der Waals surface area contributed by atoms with Crippen molar-refractivity contribution >= 4 is 11.3 Å². The van der Waals surface area contributed by atoms with E-state index in [9.17, 15) is 0 Å². The summed E-state index contributed by atoms with van der Waals surface area (Å²) in [5.74, 6) is 0. The van der Waals surface area contributed by atoms with Gasteiger partial charge < -0.3 is 5.32 Å². The molecule has 0 radical (unpaired) electrons. The summed E-state index contributed by atoms with van der Waals surface area (Å²) in [5.41, 5.74) is 1.33. The van der Waals surface area contributed by atoms with Gasteiger partial charge >= 0.3 is 0 Å². The van der Waals surface area contributed by atoms with E-state index in [2.05, 4.69) is 46.9 Å². The number of thiophene rings is 1. The maximum Gasteiger partial charge on any atom is 0.0386 e. The molecule has 0 aliphatic carbocycles. The Morgan fingerprint density at radius 3 is 2.81 bits per heavy atom. The van der Waals surface area contributed by atoms with Gasteiger partial charge in [-0.25, -0.2) is 0 Å². The Bertz CT molecular complexity index is 397. The summed E-state index contributed by atoms with van der Waals surface area (Å²) in [6.45, 7) is 3.21. The second-order valence-electron chi connectivity index (χ2n) is 3.80. The number of hydrogen-bond donors (Lipinski definition) is 1. The SMILES string of the molecule is C[C@@H](NCCc1ccncc1)c1cccs1. The lowest BCUT2D eigenvalue weighted by Gasteiger charge is -2.11. The van der Waals surface area contributed by atoms with Gasteiger partial charge in [0.2, 0.25) is 0 Å². The topological polar surface area (TPSA) is 24.9 Å². The summed E-state index contributed by atoms with van der Waals surface area (Å²) in [5, 5.41) is 5.64. The Labute approximate surface area is 100 Å². The normalized spacial score (nSPS) is 12.6. The standard InChI is InChI=1S/C13H16N2S/c1-11(13-3-2-10-16-13)15-9-6-12-4-7-14-8-5-12/h2-5,7-8,10-11,15H,6,9H2,1H3/t11-/m1/s1. The van der Waals surface area contributed by atoms with Crippen molar-refractivity contribution in [1.82, 2.24) is 10.3 Å². The Hall–Kier alpha value is -1.19. The fourth-order valence-corrected chi connectivity index (χ4v) is 2.38. The zero-order valence-corrected chi connectivity index (χ0v) is 10.2. The van der Waals surface area contributed by atoms with E-state index in [0.29, 0.717) is 6.04 Å². The Morgan fingerprint density at radius 1 is 1.31 bits per heavy atom. The molecule has 0 amide bonds. The fourth-order valence-electron chi connectivity index (χ4n) is 1.62. The minimum absolute atomic E-state index is 0.446. The first kappa shape index (κ1) is 11.3. The van der Waals surface area contributed by atoms with Gasteiger partial charge in [-0.1, -0.05) is 6.07 Å². The van der Waals surface area contributed by atoms with Crippen LogP contribution in [0.1, 0.15) is 23.4 Å².